The summed E-state index contributed by atoms with van der Waals surface area (Å²) in [5.74, 6) is -2.71. The van der Waals surface area contributed by atoms with E-state index in [1.54, 1.807) is 12.1 Å². The summed E-state index contributed by atoms with van der Waals surface area (Å²) in [6, 6.07) is 7.99. The van der Waals surface area contributed by atoms with Crippen LogP contribution in [0, 0.1) is 17.7 Å². The predicted molar refractivity (Wildman–Crippen MR) is 81.1 cm³/mol. The average molecular weight is 380 g/mol. The number of hydrogen-bond donors (Lipinski definition) is 1. The Labute approximate surface area is 139 Å². The third-order valence-electron chi connectivity index (χ3n) is 3.64. The Morgan fingerprint density at radius 3 is 2.74 bits per heavy atom. The molecule has 1 radical (unpaired) electrons. The van der Waals surface area contributed by atoms with Gasteiger partial charge in [0, 0.05) is 16.1 Å². The lowest BCUT2D eigenvalue weighted by molar-refractivity contribution is -0.122. The highest BCUT2D eigenvalue weighted by molar-refractivity contribution is 9.10. The first-order valence-corrected chi connectivity index (χ1v) is 7.43. The fourth-order valence-electron chi connectivity index (χ4n) is 2.62. The number of nitrogens with two attached hydrogens (primary N) is 1. The molecule has 1 aliphatic rings. The van der Waals surface area contributed by atoms with E-state index in [9.17, 15) is 18.4 Å². The standard InChI is InChI=1S/C16H10BrF2N2O2/c17-9-2-4-11-12(5-9)14(15(20)22)21(16(11)23)7-8-1-3-10(18)6-13(8)19/h1-3,5-6,14H,7H2,(H2,20,22). The molecule has 0 bridgehead atoms. The van der Waals surface area contributed by atoms with Crippen molar-refractivity contribution in [3.8, 4) is 0 Å². The maximum Gasteiger partial charge on any atom is 0.256 e. The Kier molecular flexibility index (Phi) is 3.89. The molecule has 1 aliphatic heterocycles. The van der Waals surface area contributed by atoms with Crippen LogP contribution in [0.25, 0.3) is 0 Å². The lowest BCUT2D eigenvalue weighted by atomic mass is 10.0. The van der Waals surface area contributed by atoms with Gasteiger partial charge in [0.25, 0.3) is 5.91 Å². The van der Waals surface area contributed by atoms with Crippen molar-refractivity contribution in [2.75, 3.05) is 0 Å². The van der Waals surface area contributed by atoms with E-state index < -0.39 is 29.5 Å². The highest BCUT2D eigenvalue weighted by atomic mass is 79.9. The van der Waals surface area contributed by atoms with Crippen molar-refractivity contribution in [1.29, 1.82) is 0 Å². The molecule has 1 unspecified atom stereocenters. The number of amides is 2. The molecular weight excluding hydrogens is 370 g/mol. The average Bonchev–Trinajstić information content (AvgIpc) is 2.74. The molecule has 1 atom stereocenters. The smallest absolute Gasteiger partial charge is 0.256 e. The Bertz CT molecular complexity index is 826. The number of halogens is 3. The van der Waals surface area contributed by atoms with E-state index in [2.05, 4.69) is 22.0 Å². The van der Waals surface area contributed by atoms with Gasteiger partial charge in [-0.2, -0.15) is 0 Å². The molecule has 0 saturated heterocycles. The first-order chi connectivity index (χ1) is 10.9. The zero-order valence-corrected chi connectivity index (χ0v) is 13.2. The summed E-state index contributed by atoms with van der Waals surface area (Å²) in [4.78, 5) is 25.4. The number of carbonyl (C=O) groups is 2. The van der Waals surface area contributed by atoms with Crippen LogP contribution in [0.3, 0.4) is 0 Å². The zero-order valence-electron chi connectivity index (χ0n) is 11.6. The minimum absolute atomic E-state index is 0.0953. The molecule has 2 aromatic rings. The van der Waals surface area contributed by atoms with Crippen LogP contribution in [-0.2, 0) is 11.3 Å². The Morgan fingerprint density at radius 1 is 1.35 bits per heavy atom. The van der Waals surface area contributed by atoms with Crippen LogP contribution in [0.4, 0.5) is 8.78 Å². The lowest BCUT2D eigenvalue weighted by Crippen LogP contribution is -2.35. The fraction of sp³-hybridized carbons (Fsp3) is 0.125. The molecule has 0 saturated carbocycles. The number of rotatable bonds is 3. The van der Waals surface area contributed by atoms with E-state index in [0.29, 0.717) is 10.0 Å². The van der Waals surface area contributed by atoms with Crippen molar-refractivity contribution in [2.45, 2.75) is 12.6 Å². The quantitative estimate of drug-likeness (QED) is 0.890. The van der Waals surface area contributed by atoms with Crippen LogP contribution in [0.15, 0.2) is 34.8 Å². The van der Waals surface area contributed by atoms with Gasteiger partial charge in [-0.3, -0.25) is 9.59 Å². The topological polar surface area (TPSA) is 63.4 Å². The molecule has 1 heterocycles. The summed E-state index contributed by atoms with van der Waals surface area (Å²) < 4.78 is 27.5. The molecule has 7 heteroatoms. The third-order valence-corrected chi connectivity index (χ3v) is 4.10. The van der Waals surface area contributed by atoms with E-state index in [1.165, 1.54) is 6.07 Å². The fourth-order valence-corrected chi connectivity index (χ4v) is 2.98. The van der Waals surface area contributed by atoms with Crippen molar-refractivity contribution in [1.82, 2.24) is 4.90 Å². The zero-order chi connectivity index (χ0) is 16.7. The molecule has 2 amide bonds. The molecule has 0 spiro atoms. The Hall–Kier alpha value is -2.28. The summed E-state index contributed by atoms with van der Waals surface area (Å²) in [6.45, 7) is -0.196. The highest BCUT2D eigenvalue weighted by Crippen LogP contribution is 2.36. The van der Waals surface area contributed by atoms with Crippen LogP contribution < -0.4 is 5.73 Å². The first kappa shape index (κ1) is 15.6. The van der Waals surface area contributed by atoms with Crippen LogP contribution in [0.1, 0.15) is 27.5 Å². The largest absolute Gasteiger partial charge is 0.368 e. The lowest BCUT2D eigenvalue weighted by Gasteiger charge is -2.23. The minimum atomic E-state index is -1.02. The van der Waals surface area contributed by atoms with Crippen LogP contribution in [0.2, 0.25) is 0 Å². The number of carbonyl (C=O) groups excluding carboxylic acids is 2. The first-order valence-electron chi connectivity index (χ1n) is 6.64. The Morgan fingerprint density at radius 2 is 2.09 bits per heavy atom. The molecule has 0 aliphatic carbocycles. The number of fused-ring (bicyclic) bond motifs is 1. The summed E-state index contributed by atoms with van der Waals surface area (Å²) >= 11 is 3.25. The Balaban J connectivity index is 2.02. The van der Waals surface area contributed by atoms with Crippen LogP contribution >= 0.6 is 15.9 Å². The highest BCUT2D eigenvalue weighted by Gasteiger charge is 2.40. The second-order valence-electron chi connectivity index (χ2n) is 5.12. The van der Waals surface area contributed by atoms with Crippen molar-refractivity contribution < 1.29 is 18.4 Å². The summed E-state index contributed by atoms with van der Waals surface area (Å²) in [5, 5.41) is 0. The van der Waals surface area contributed by atoms with Crippen molar-refractivity contribution in [3.05, 3.63) is 69.2 Å². The molecule has 4 nitrogen and oxygen atoms in total. The van der Waals surface area contributed by atoms with E-state index in [0.717, 1.165) is 17.0 Å². The molecular formula is C16H10BrF2N2O2. The number of primary amides is 1. The molecule has 2 aromatic carbocycles. The van der Waals surface area contributed by atoms with Gasteiger partial charge in [0.05, 0.1) is 12.1 Å². The minimum Gasteiger partial charge on any atom is -0.368 e. The van der Waals surface area contributed by atoms with E-state index >= 15 is 0 Å². The number of benzene rings is 2. The summed E-state index contributed by atoms with van der Waals surface area (Å²) in [6.07, 6.45) is 0. The maximum absolute atomic E-state index is 13.8. The monoisotopic (exact) mass is 379 g/mol. The SMILES string of the molecule is NC(=O)C1c2cc(Br)c[c]c2C(=O)N1Cc1ccc(F)cc1F. The normalized spacial score (nSPS) is 16.6. The molecule has 0 fully saturated rings. The van der Waals surface area contributed by atoms with Gasteiger partial charge < -0.3 is 10.6 Å². The van der Waals surface area contributed by atoms with Gasteiger partial charge in [0.2, 0.25) is 5.91 Å². The second kappa shape index (κ2) is 5.73. The third kappa shape index (κ3) is 2.72. The second-order valence-corrected chi connectivity index (χ2v) is 6.04. The molecule has 117 valence electrons. The van der Waals surface area contributed by atoms with E-state index in [-0.39, 0.29) is 17.7 Å². The van der Waals surface area contributed by atoms with Gasteiger partial charge in [0.15, 0.2) is 0 Å². The molecule has 23 heavy (non-hydrogen) atoms. The van der Waals surface area contributed by atoms with Gasteiger partial charge in [0.1, 0.15) is 17.7 Å². The van der Waals surface area contributed by atoms with Crippen molar-refractivity contribution >= 4 is 27.7 Å². The molecule has 2 N–H and O–H groups in total. The van der Waals surface area contributed by atoms with E-state index in [1.807, 2.05) is 0 Å². The molecule has 3 rings (SSSR count). The van der Waals surface area contributed by atoms with Gasteiger partial charge in [-0.15, -0.1) is 0 Å². The predicted octanol–water partition coefficient (Wildman–Crippen LogP) is 2.71. The van der Waals surface area contributed by atoms with Crippen molar-refractivity contribution in [3.63, 3.8) is 0 Å². The number of hydrogen-bond acceptors (Lipinski definition) is 2. The van der Waals surface area contributed by atoms with Gasteiger partial charge in [-0.05, 0) is 29.8 Å². The van der Waals surface area contributed by atoms with Gasteiger partial charge >= 0.3 is 0 Å². The summed E-state index contributed by atoms with van der Waals surface area (Å²) in [5.41, 5.74) is 6.15. The number of nitrogens with zero attached hydrogens (tertiary/aromatic N) is 1. The summed E-state index contributed by atoms with van der Waals surface area (Å²) in [7, 11) is 0. The van der Waals surface area contributed by atoms with E-state index in [4.69, 9.17) is 5.73 Å². The maximum atomic E-state index is 13.8. The molecule has 0 aromatic heterocycles. The van der Waals surface area contributed by atoms with Crippen LogP contribution in [-0.4, -0.2) is 16.7 Å². The van der Waals surface area contributed by atoms with Crippen molar-refractivity contribution in [2.24, 2.45) is 5.73 Å². The van der Waals surface area contributed by atoms with Gasteiger partial charge in [-0.25, -0.2) is 8.78 Å². The van der Waals surface area contributed by atoms with Gasteiger partial charge in [-0.1, -0.05) is 22.0 Å². The van der Waals surface area contributed by atoms with Crippen LogP contribution in [0.5, 0.6) is 0 Å².